The standard InChI is InChI=1S/C16H19FN2/c1-11-9-16(14(12(2)18)10-15(11)17)19(3)13-7-5-4-6-8-13/h4-10,12H,18H2,1-3H3/t12-/m0/s1. The van der Waals surface area contributed by atoms with E-state index in [4.69, 9.17) is 5.73 Å². The van der Waals surface area contributed by atoms with Crippen LogP contribution in [-0.2, 0) is 0 Å². The van der Waals surface area contributed by atoms with Crippen molar-refractivity contribution in [2.24, 2.45) is 5.73 Å². The third-order valence-electron chi connectivity index (χ3n) is 3.30. The molecule has 0 saturated heterocycles. The Morgan fingerprint density at radius 1 is 1.16 bits per heavy atom. The molecule has 0 aliphatic rings. The average molecular weight is 258 g/mol. The topological polar surface area (TPSA) is 29.3 Å². The zero-order valence-corrected chi connectivity index (χ0v) is 11.5. The van der Waals surface area contributed by atoms with Crippen molar-refractivity contribution in [1.82, 2.24) is 0 Å². The molecular formula is C16H19FN2. The SMILES string of the molecule is Cc1cc(N(C)c2ccccc2)c([C@H](C)N)cc1F. The Morgan fingerprint density at radius 2 is 1.79 bits per heavy atom. The van der Waals surface area contributed by atoms with E-state index in [1.165, 1.54) is 6.07 Å². The van der Waals surface area contributed by atoms with Crippen LogP contribution >= 0.6 is 0 Å². The van der Waals surface area contributed by atoms with Crippen molar-refractivity contribution in [3.63, 3.8) is 0 Å². The molecule has 2 aromatic rings. The van der Waals surface area contributed by atoms with E-state index in [-0.39, 0.29) is 11.9 Å². The number of nitrogens with zero attached hydrogens (tertiary/aromatic N) is 1. The Balaban J connectivity index is 2.52. The summed E-state index contributed by atoms with van der Waals surface area (Å²) in [4.78, 5) is 2.03. The van der Waals surface area contributed by atoms with Gasteiger partial charge in [0.05, 0.1) is 0 Å². The number of anilines is 2. The second kappa shape index (κ2) is 5.41. The van der Waals surface area contributed by atoms with Crippen LogP contribution in [-0.4, -0.2) is 7.05 Å². The van der Waals surface area contributed by atoms with Crippen LogP contribution in [0, 0.1) is 12.7 Å². The second-order valence-corrected chi connectivity index (χ2v) is 4.84. The van der Waals surface area contributed by atoms with Crippen LogP contribution in [0.2, 0.25) is 0 Å². The molecule has 3 heteroatoms. The molecule has 1 atom stereocenters. The number of para-hydroxylation sites is 1. The fraction of sp³-hybridized carbons (Fsp3) is 0.250. The van der Waals surface area contributed by atoms with E-state index >= 15 is 0 Å². The molecule has 0 heterocycles. The fourth-order valence-electron chi connectivity index (χ4n) is 2.13. The molecule has 0 aliphatic heterocycles. The van der Waals surface area contributed by atoms with Crippen LogP contribution in [0.1, 0.15) is 24.1 Å². The maximum absolute atomic E-state index is 13.7. The van der Waals surface area contributed by atoms with Crippen LogP contribution < -0.4 is 10.6 Å². The molecule has 2 aromatic carbocycles. The molecule has 2 rings (SSSR count). The van der Waals surface area contributed by atoms with Gasteiger partial charge in [-0.25, -0.2) is 4.39 Å². The van der Waals surface area contributed by atoms with Crippen molar-refractivity contribution in [2.45, 2.75) is 19.9 Å². The lowest BCUT2D eigenvalue weighted by atomic mass is 10.0. The number of hydrogen-bond donors (Lipinski definition) is 1. The lowest BCUT2D eigenvalue weighted by Gasteiger charge is -2.25. The molecule has 0 fully saturated rings. The smallest absolute Gasteiger partial charge is 0.126 e. The number of halogens is 1. The molecule has 0 spiro atoms. The van der Waals surface area contributed by atoms with Gasteiger partial charge in [0, 0.05) is 24.5 Å². The van der Waals surface area contributed by atoms with Gasteiger partial charge in [0.1, 0.15) is 5.82 Å². The van der Waals surface area contributed by atoms with Gasteiger partial charge in [-0.05, 0) is 49.2 Å². The van der Waals surface area contributed by atoms with Gasteiger partial charge in [-0.2, -0.15) is 0 Å². The Labute approximate surface area is 113 Å². The highest BCUT2D eigenvalue weighted by Gasteiger charge is 2.15. The zero-order chi connectivity index (χ0) is 14.0. The molecule has 0 radical (unpaired) electrons. The minimum atomic E-state index is -0.212. The summed E-state index contributed by atoms with van der Waals surface area (Å²) < 4.78 is 13.7. The van der Waals surface area contributed by atoms with Gasteiger partial charge in [-0.3, -0.25) is 0 Å². The summed E-state index contributed by atoms with van der Waals surface area (Å²) in [6.45, 7) is 3.63. The molecule has 19 heavy (non-hydrogen) atoms. The van der Waals surface area contributed by atoms with Crippen molar-refractivity contribution >= 4 is 11.4 Å². The fourth-order valence-corrected chi connectivity index (χ4v) is 2.13. The van der Waals surface area contributed by atoms with Gasteiger partial charge in [0.25, 0.3) is 0 Å². The van der Waals surface area contributed by atoms with Gasteiger partial charge >= 0.3 is 0 Å². The summed E-state index contributed by atoms with van der Waals surface area (Å²) in [5.74, 6) is -0.211. The summed E-state index contributed by atoms with van der Waals surface area (Å²) >= 11 is 0. The summed E-state index contributed by atoms with van der Waals surface area (Å²) in [6, 6.07) is 13.1. The van der Waals surface area contributed by atoms with Gasteiger partial charge < -0.3 is 10.6 Å². The van der Waals surface area contributed by atoms with Crippen molar-refractivity contribution in [2.75, 3.05) is 11.9 Å². The van der Waals surface area contributed by atoms with Crippen LogP contribution in [0.25, 0.3) is 0 Å². The molecule has 0 unspecified atom stereocenters. The lowest BCUT2D eigenvalue weighted by molar-refractivity contribution is 0.613. The van der Waals surface area contributed by atoms with E-state index in [0.29, 0.717) is 5.56 Å². The van der Waals surface area contributed by atoms with Crippen LogP contribution in [0.4, 0.5) is 15.8 Å². The van der Waals surface area contributed by atoms with Gasteiger partial charge in [0.15, 0.2) is 0 Å². The molecule has 0 saturated carbocycles. The largest absolute Gasteiger partial charge is 0.344 e. The average Bonchev–Trinajstić information content (AvgIpc) is 2.41. The quantitative estimate of drug-likeness (QED) is 0.904. The van der Waals surface area contributed by atoms with E-state index < -0.39 is 0 Å². The normalized spacial score (nSPS) is 12.3. The third kappa shape index (κ3) is 2.76. The first-order chi connectivity index (χ1) is 9.00. The number of rotatable bonds is 3. The van der Waals surface area contributed by atoms with Crippen molar-refractivity contribution in [1.29, 1.82) is 0 Å². The minimum absolute atomic E-state index is 0.211. The molecule has 0 bridgehead atoms. The summed E-state index contributed by atoms with van der Waals surface area (Å²) in [7, 11) is 1.97. The molecule has 0 aliphatic carbocycles. The summed E-state index contributed by atoms with van der Waals surface area (Å²) in [6.07, 6.45) is 0. The summed E-state index contributed by atoms with van der Waals surface area (Å²) in [5, 5.41) is 0. The zero-order valence-electron chi connectivity index (χ0n) is 11.5. The van der Waals surface area contributed by atoms with Crippen LogP contribution in [0.15, 0.2) is 42.5 Å². The van der Waals surface area contributed by atoms with Crippen molar-refractivity contribution in [3.8, 4) is 0 Å². The Morgan fingerprint density at radius 3 is 2.37 bits per heavy atom. The van der Waals surface area contributed by atoms with E-state index in [1.54, 1.807) is 6.92 Å². The first-order valence-corrected chi connectivity index (χ1v) is 6.35. The molecule has 0 aromatic heterocycles. The lowest BCUT2D eigenvalue weighted by Crippen LogP contribution is -2.16. The predicted molar refractivity (Wildman–Crippen MR) is 78.2 cm³/mol. The molecule has 2 nitrogen and oxygen atoms in total. The van der Waals surface area contributed by atoms with E-state index in [1.807, 2.05) is 55.3 Å². The minimum Gasteiger partial charge on any atom is -0.344 e. The highest BCUT2D eigenvalue weighted by Crippen LogP contribution is 2.32. The third-order valence-corrected chi connectivity index (χ3v) is 3.30. The molecule has 100 valence electrons. The van der Waals surface area contributed by atoms with E-state index in [0.717, 1.165) is 16.9 Å². The maximum atomic E-state index is 13.7. The number of nitrogens with two attached hydrogens (primary N) is 1. The maximum Gasteiger partial charge on any atom is 0.126 e. The van der Waals surface area contributed by atoms with Gasteiger partial charge in [-0.15, -0.1) is 0 Å². The highest BCUT2D eigenvalue weighted by atomic mass is 19.1. The van der Waals surface area contributed by atoms with E-state index in [2.05, 4.69) is 0 Å². The molecule has 2 N–H and O–H groups in total. The summed E-state index contributed by atoms with van der Waals surface area (Å²) in [5.41, 5.74) is 9.39. The molecule has 0 amide bonds. The monoisotopic (exact) mass is 258 g/mol. The number of hydrogen-bond acceptors (Lipinski definition) is 2. The van der Waals surface area contributed by atoms with Gasteiger partial charge in [0.2, 0.25) is 0 Å². The Hall–Kier alpha value is -1.87. The highest BCUT2D eigenvalue weighted by molar-refractivity contribution is 5.67. The van der Waals surface area contributed by atoms with E-state index in [9.17, 15) is 4.39 Å². The first-order valence-electron chi connectivity index (χ1n) is 6.35. The van der Waals surface area contributed by atoms with Crippen LogP contribution in [0.5, 0.6) is 0 Å². The second-order valence-electron chi connectivity index (χ2n) is 4.84. The number of benzene rings is 2. The Kier molecular flexibility index (Phi) is 3.86. The van der Waals surface area contributed by atoms with Crippen molar-refractivity contribution in [3.05, 3.63) is 59.4 Å². The van der Waals surface area contributed by atoms with Crippen LogP contribution in [0.3, 0.4) is 0 Å². The van der Waals surface area contributed by atoms with Crippen molar-refractivity contribution < 1.29 is 4.39 Å². The first kappa shape index (κ1) is 13.6. The van der Waals surface area contributed by atoms with Gasteiger partial charge in [-0.1, -0.05) is 18.2 Å². The predicted octanol–water partition coefficient (Wildman–Crippen LogP) is 3.92. The molecular weight excluding hydrogens is 239 g/mol. The number of aryl methyl sites for hydroxylation is 1. The Bertz CT molecular complexity index is 564.